The van der Waals surface area contributed by atoms with E-state index < -0.39 is 17.7 Å². The summed E-state index contributed by atoms with van der Waals surface area (Å²) >= 11 is 0. The standard InChI is InChI=1S/C29H26F3N3O3/c1-18(19-7-3-2-4-8-19)33-28(38)21-13-16-23-25(17-21)34-24(9-5-6-10-26(36)37)27(35-23)20-11-14-22(15-12-20)29(30,31)32/h2-4,7-8,11-18H,5-6,9-10H2,1H3,(H,33,38)(H,36,37). The molecule has 1 atom stereocenters. The van der Waals surface area contributed by atoms with Gasteiger partial charge in [0.2, 0.25) is 0 Å². The van der Waals surface area contributed by atoms with E-state index in [1.54, 1.807) is 18.2 Å². The average molecular weight is 522 g/mol. The van der Waals surface area contributed by atoms with Crippen LogP contribution in [0.4, 0.5) is 13.2 Å². The van der Waals surface area contributed by atoms with Crippen molar-refractivity contribution < 1.29 is 27.9 Å². The highest BCUT2D eigenvalue weighted by Gasteiger charge is 2.30. The number of alkyl halides is 3. The molecule has 0 aliphatic rings. The number of nitrogens with zero attached hydrogens (tertiary/aromatic N) is 2. The third-order valence-electron chi connectivity index (χ3n) is 6.19. The second-order valence-electron chi connectivity index (χ2n) is 9.00. The van der Waals surface area contributed by atoms with Crippen molar-refractivity contribution >= 4 is 22.9 Å². The Bertz CT molecular complexity index is 1440. The maximum atomic E-state index is 13.1. The van der Waals surface area contributed by atoms with Crippen molar-refractivity contribution in [3.63, 3.8) is 0 Å². The zero-order chi connectivity index (χ0) is 27.3. The maximum absolute atomic E-state index is 13.1. The average Bonchev–Trinajstić information content (AvgIpc) is 2.90. The Morgan fingerprint density at radius 2 is 1.63 bits per heavy atom. The number of halogens is 3. The minimum atomic E-state index is -4.46. The lowest BCUT2D eigenvalue weighted by Crippen LogP contribution is -2.26. The van der Waals surface area contributed by atoms with Crippen molar-refractivity contribution in [3.8, 4) is 11.3 Å². The second-order valence-corrected chi connectivity index (χ2v) is 9.00. The Morgan fingerprint density at radius 1 is 0.921 bits per heavy atom. The Balaban J connectivity index is 1.65. The number of aliphatic carboxylic acids is 1. The number of aryl methyl sites for hydroxylation is 1. The van der Waals surface area contributed by atoms with Crippen LogP contribution in [0.2, 0.25) is 0 Å². The summed E-state index contributed by atoms with van der Waals surface area (Å²) in [7, 11) is 0. The zero-order valence-corrected chi connectivity index (χ0v) is 20.6. The lowest BCUT2D eigenvalue weighted by molar-refractivity contribution is -0.138. The van der Waals surface area contributed by atoms with Gasteiger partial charge in [-0.15, -0.1) is 0 Å². The molecule has 9 heteroatoms. The van der Waals surface area contributed by atoms with E-state index in [1.165, 1.54) is 12.1 Å². The Morgan fingerprint density at radius 3 is 2.29 bits per heavy atom. The molecule has 0 fully saturated rings. The molecule has 0 spiro atoms. The predicted octanol–water partition coefficient (Wildman–Crippen LogP) is 6.60. The van der Waals surface area contributed by atoms with E-state index in [9.17, 15) is 22.8 Å². The van der Waals surface area contributed by atoms with Crippen LogP contribution >= 0.6 is 0 Å². The first kappa shape index (κ1) is 26.8. The third kappa shape index (κ3) is 6.53. The van der Waals surface area contributed by atoms with E-state index in [1.807, 2.05) is 37.3 Å². The second kappa shape index (κ2) is 11.4. The minimum absolute atomic E-state index is 0.000537. The van der Waals surface area contributed by atoms with E-state index in [2.05, 4.69) is 10.3 Å². The fourth-order valence-electron chi connectivity index (χ4n) is 4.13. The number of hydrogen-bond donors (Lipinski definition) is 2. The molecule has 0 aliphatic carbocycles. The first-order valence-corrected chi connectivity index (χ1v) is 12.2. The van der Waals surface area contributed by atoms with Crippen molar-refractivity contribution in [2.75, 3.05) is 0 Å². The number of amides is 1. The van der Waals surface area contributed by atoms with Gasteiger partial charge in [-0.1, -0.05) is 42.5 Å². The van der Waals surface area contributed by atoms with Crippen molar-refractivity contribution in [2.24, 2.45) is 0 Å². The van der Waals surface area contributed by atoms with Crippen molar-refractivity contribution in [1.82, 2.24) is 15.3 Å². The fraction of sp³-hybridized carbons (Fsp3) is 0.241. The van der Waals surface area contributed by atoms with Gasteiger partial charge in [0.15, 0.2) is 0 Å². The predicted molar refractivity (Wildman–Crippen MR) is 137 cm³/mol. The molecule has 0 bridgehead atoms. The largest absolute Gasteiger partial charge is 0.481 e. The molecule has 196 valence electrons. The van der Waals surface area contributed by atoms with Crippen LogP contribution in [0.5, 0.6) is 0 Å². The van der Waals surface area contributed by atoms with Crippen LogP contribution in [0.15, 0.2) is 72.8 Å². The smallest absolute Gasteiger partial charge is 0.416 e. The van der Waals surface area contributed by atoms with E-state index >= 15 is 0 Å². The summed E-state index contributed by atoms with van der Waals surface area (Å²) in [5.74, 6) is -1.18. The highest BCUT2D eigenvalue weighted by atomic mass is 19.4. The van der Waals surface area contributed by atoms with Gasteiger partial charge in [-0.05, 0) is 62.1 Å². The number of rotatable bonds is 9. The van der Waals surface area contributed by atoms with Gasteiger partial charge in [-0.2, -0.15) is 13.2 Å². The maximum Gasteiger partial charge on any atom is 0.416 e. The van der Waals surface area contributed by atoms with E-state index in [-0.39, 0.29) is 18.4 Å². The summed E-state index contributed by atoms with van der Waals surface area (Å²) in [4.78, 5) is 33.2. The Kier molecular flexibility index (Phi) is 8.05. The van der Waals surface area contributed by atoms with Crippen LogP contribution in [0.25, 0.3) is 22.3 Å². The molecule has 1 amide bonds. The number of aromatic nitrogens is 2. The summed E-state index contributed by atoms with van der Waals surface area (Å²) in [6, 6.07) is 19.0. The number of benzene rings is 3. The molecule has 1 unspecified atom stereocenters. The van der Waals surface area contributed by atoms with Gasteiger partial charge in [0.05, 0.1) is 34.0 Å². The normalized spacial score (nSPS) is 12.3. The molecular weight excluding hydrogens is 495 g/mol. The van der Waals surface area contributed by atoms with Gasteiger partial charge in [0, 0.05) is 17.5 Å². The molecule has 0 radical (unpaired) electrons. The molecule has 1 aromatic heterocycles. The van der Waals surface area contributed by atoms with Crippen LogP contribution in [-0.2, 0) is 17.4 Å². The summed E-state index contributed by atoms with van der Waals surface area (Å²) in [6.07, 6.45) is -3.15. The highest BCUT2D eigenvalue weighted by Crippen LogP contribution is 2.32. The van der Waals surface area contributed by atoms with Gasteiger partial charge in [-0.25, -0.2) is 9.97 Å². The number of nitrogens with one attached hydrogen (secondary N) is 1. The Labute approximate surface area is 217 Å². The molecule has 3 aromatic carbocycles. The number of carboxylic acid groups (broad SMARTS) is 1. The number of fused-ring (bicyclic) bond motifs is 1. The molecule has 0 aliphatic heterocycles. The molecule has 2 N–H and O–H groups in total. The summed E-state index contributed by atoms with van der Waals surface area (Å²) in [5.41, 5.74) is 2.97. The number of carbonyl (C=O) groups excluding carboxylic acids is 1. The summed E-state index contributed by atoms with van der Waals surface area (Å²) in [5, 5.41) is 11.9. The van der Waals surface area contributed by atoms with Crippen LogP contribution in [0.3, 0.4) is 0 Å². The monoisotopic (exact) mass is 521 g/mol. The van der Waals surface area contributed by atoms with E-state index in [4.69, 9.17) is 10.1 Å². The van der Waals surface area contributed by atoms with Gasteiger partial charge < -0.3 is 10.4 Å². The van der Waals surface area contributed by atoms with Crippen molar-refractivity contribution in [1.29, 1.82) is 0 Å². The summed E-state index contributed by atoms with van der Waals surface area (Å²) < 4.78 is 39.2. The first-order valence-electron chi connectivity index (χ1n) is 12.2. The number of hydrogen-bond acceptors (Lipinski definition) is 4. The molecule has 38 heavy (non-hydrogen) atoms. The van der Waals surface area contributed by atoms with Gasteiger partial charge in [0.1, 0.15) is 0 Å². The Hall–Kier alpha value is -4.27. The molecule has 4 rings (SSSR count). The third-order valence-corrected chi connectivity index (χ3v) is 6.19. The summed E-state index contributed by atoms with van der Waals surface area (Å²) in [6.45, 7) is 1.89. The molecule has 4 aromatic rings. The molecule has 1 heterocycles. The van der Waals surface area contributed by atoms with Crippen LogP contribution in [0.1, 0.15) is 59.4 Å². The topological polar surface area (TPSA) is 92.2 Å². The van der Waals surface area contributed by atoms with Gasteiger partial charge in [-0.3, -0.25) is 9.59 Å². The van der Waals surface area contributed by atoms with E-state index in [0.29, 0.717) is 52.8 Å². The number of unbranched alkanes of at least 4 members (excludes halogenated alkanes) is 1. The zero-order valence-electron chi connectivity index (χ0n) is 20.6. The highest BCUT2D eigenvalue weighted by molar-refractivity contribution is 5.97. The van der Waals surface area contributed by atoms with Gasteiger partial charge >= 0.3 is 12.1 Å². The number of carbonyl (C=O) groups is 2. The van der Waals surface area contributed by atoms with E-state index in [0.717, 1.165) is 17.7 Å². The van der Waals surface area contributed by atoms with Crippen LogP contribution in [-0.4, -0.2) is 27.0 Å². The first-order chi connectivity index (χ1) is 18.1. The van der Waals surface area contributed by atoms with Crippen molar-refractivity contribution in [2.45, 2.75) is 44.8 Å². The van der Waals surface area contributed by atoms with Crippen LogP contribution < -0.4 is 5.32 Å². The van der Waals surface area contributed by atoms with Gasteiger partial charge in [0.25, 0.3) is 5.91 Å². The lowest BCUT2D eigenvalue weighted by atomic mass is 10.0. The van der Waals surface area contributed by atoms with Crippen molar-refractivity contribution in [3.05, 3.63) is 95.2 Å². The quantitative estimate of drug-likeness (QED) is 0.242. The SMILES string of the molecule is CC(NC(=O)c1ccc2nc(-c3ccc(C(F)(F)F)cc3)c(CCCCC(=O)O)nc2c1)c1ccccc1. The molecule has 0 saturated heterocycles. The lowest BCUT2D eigenvalue weighted by Gasteiger charge is -2.15. The molecule has 6 nitrogen and oxygen atoms in total. The van der Waals surface area contributed by atoms with Crippen LogP contribution in [0, 0.1) is 0 Å². The molecular formula is C29H26F3N3O3. The molecule has 0 saturated carbocycles. The minimum Gasteiger partial charge on any atom is -0.481 e. The number of carboxylic acids is 1. The fourth-order valence-corrected chi connectivity index (χ4v) is 4.13.